The number of nitrogens with one attached hydrogen (secondary N) is 2. The fourth-order valence-corrected chi connectivity index (χ4v) is 6.94. The van der Waals surface area contributed by atoms with E-state index in [1.807, 2.05) is 18.9 Å². The summed E-state index contributed by atoms with van der Waals surface area (Å²) in [6.45, 7) is 6.13. The number of benzene rings is 1. The van der Waals surface area contributed by atoms with Crippen LogP contribution in [0, 0.1) is 0 Å². The Kier molecular flexibility index (Phi) is 9.99. The van der Waals surface area contributed by atoms with Crippen LogP contribution in [0.3, 0.4) is 0 Å². The van der Waals surface area contributed by atoms with E-state index < -0.39 is 54.9 Å². The molecule has 1 amide bonds. The van der Waals surface area contributed by atoms with Crippen LogP contribution in [0.1, 0.15) is 55.9 Å². The Bertz CT molecular complexity index is 1800. The summed E-state index contributed by atoms with van der Waals surface area (Å²) in [5.74, 6) is -1.93. The predicted octanol–water partition coefficient (Wildman–Crippen LogP) is 3.15. The van der Waals surface area contributed by atoms with Gasteiger partial charge in [0.1, 0.15) is 11.7 Å². The topological polar surface area (TPSA) is 191 Å². The van der Waals surface area contributed by atoms with E-state index in [0.717, 1.165) is 22.2 Å². The second-order valence-corrected chi connectivity index (χ2v) is 13.8. The number of thiophene rings is 1. The van der Waals surface area contributed by atoms with Crippen LogP contribution >= 0.6 is 11.3 Å². The SMILES string of the molecule is CC1CC(Nc2cccc3c(CC(F)(F)F)c(-c4noc(CNC(=O)c5cn(CC(C)(C)O)nc5OC(O)(O)O)n4)sc23)C(F)C(C)N1C. The molecule has 0 spiro atoms. The molecule has 4 unspecified atom stereocenters. The van der Waals surface area contributed by atoms with Gasteiger partial charge in [-0.2, -0.15) is 18.2 Å². The number of aromatic nitrogens is 4. The Morgan fingerprint density at radius 2 is 1.90 bits per heavy atom. The minimum atomic E-state index is -4.58. The molecule has 268 valence electrons. The average Bonchev–Trinajstić information content (AvgIpc) is 3.69. The van der Waals surface area contributed by atoms with E-state index in [-0.39, 0.29) is 46.3 Å². The lowest BCUT2D eigenvalue weighted by atomic mass is 9.91. The number of amides is 1. The number of fused-ring (bicyclic) bond motifs is 1. The van der Waals surface area contributed by atoms with Crippen molar-refractivity contribution in [2.24, 2.45) is 0 Å². The monoisotopic (exact) mass is 715 g/mol. The van der Waals surface area contributed by atoms with Crippen LogP contribution in [-0.4, -0.2) is 100 Å². The first-order valence-corrected chi connectivity index (χ1v) is 16.0. The van der Waals surface area contributed by atoms with Crippen LogP contribution in [0.5, 0.6) is 5.88 Å². The maximum atomic E-state index is 15.4. The van der Waals surface area contributed by atoms with Gasteiger partial charge in [-0.05, 0) is 58.2 Å². The minimum Gasteiger partial charge on any atom is -0.396 e. The number of aliphatic hydroxyl groups is 4. The molecule has 0 aliphatic carbocycles. The number of halogens is 4. The molecule has 4 aromatic rings. The van der Waals surface area contributed by atoms with E-state index in [9.17, 15) is 38.4 Å². The summed E-state index contributed by atoms with van der Waals surface area (Å²) in [5.41, 5.74) is -1.27. The lowest BCUT2D eigenvalue weighted by Crippen LogP contribution is -2.55. The number of alkyl halides is 4. The summed E-state index contributed by atoms with van der Waals surface area (Å²) in [5, 5.41) is 51.5. The molecule has 4 atom stereocenters. The van der Waals surface area contributed by atoms with E-state index in [0.29, 0.717) is 22.2 Å². The van der Waals surface area contributed by atoms with Gasteiger partial charge in [0.05, 0.1) is 46.4 Å². The molecular formula is C30H37F4N7O7S. The summed E-state index contributed by atoms with van der Waals surface area (Å²) >= 11 is 0.998. The molecule has 6 N–H and O–H groups in total. The molecule has 4 heterocycles. The molecular weight excluding hydrogens is 678 g/mol. The van der Waals surface area contributed by atoms with Crippen molar-refractivity contribution in [3.63, 3.8) is 0 Å². The fraction of sp³-hybridized carbons (Fsp3) is 0.533. The summed E-state index contributed by atoms with van der Waals surface area (Å²) in [7, 11) is 1.85. The normalized spacial score (nSPS) is 20.9. The number of piperidine rings is 1. The first-order valence-electron chi connectivity index (χ1n) is 15.2. The summed E-state index contributed by atoms with van der Waals surface area (Å²) in [6, 6.07) is 3.98. The Morgan fingerprint density at radius 3 is 2.55 bits per heavy atom. The molecule has 1 saturated heterocycles. The summed E-state index contributed by atoms with van der Waals surface area (Å²) < 4.78 is 68.2. The highest BCUT2D eigenvalue weighted by atomic mass is 32.1. The third-order valence-electron chi connectivity index (χ3n) is 8.14. The van der Waals surface area contributed by atoms with Crippen LogP contribution in [0.15, 0.2) is 28.9 Å². The molecule has 1 aliphatic heterocycles. The van der Waals surface area contributed by atoms with E-state index >= 15 is 4.39 Å². The Balaban J connectivity index is 1.41. The quantitative estimate of drug-likeness (QED) is 0.0984. The number of likely N-dealkylation sites (tertiary alicyclic amines) is 1. The van der Waals surface area contributed by atoms with Crippen LogP contribution in [-0.2, 0) is 19.5 Å². The number of ether oxygens (including phenoxy) is 1. The largest absolute Gasteiger partial charge is 0.454 e. The van der Waals surface area contributed by atoms with E-state index in [1.165, 1.54) is 13.8 Å². The lowest BCUT2D eigenvalue weighted by Gasteiger charge is -2.43. The molecule has 19 heteroatoms. The molecule has 5 rings (SSSR count). The van der Waals surface area contributed by atoms with Crippen molar-refractivity contribution >= 4 is 33.0 Å². The van der Waals surface area contributed by atoms with Crippen LogP contribution in [0.25, 0.3) is 20.8 Å². The van der Waals surface area contributed by atoms with Crippen molar-refractivity contribution in [3.8, 4) is 16.6 Å². The van der Waals surface area contributed by atoms with Gasteiger partial charge in [0, 0.05) is 18.3 Å². The average molecular weight is 716 g/mol. The van der Waals surface area contributed by atoms with E-state index in [1.54, 1.807) is 25.1 Å². The van der Waals surface area contributed by atoms with E-state index in [4.69, 9.17) is 4.52 Å². The Hall–Kier alpha value is -3.88. The van der Waals surface area contributed by atoms with Gasteiger partial charge < -0.3 is 40.3 Å². The van der Waals surface area contributed by atoms with E-state index in [2.05, 4.69) is 30.6 Å². The van der Waals surface area contributed by atoms with Gasteiger partial charge in [0.15, 0.2) is 0 Å². The number of hydrogen-bond donors (Lipinski definition) is 6. The molecule has 1 aliphatic rings. The van der Waals surface area contributed by atoms with Crippen molar-refractivity contribution in [3.05, 3.63) is 41.4 Å². The number of carbonyl (C=O) groups is 1. The fourth-order valence-electron chi connectivity index (χ4n) is 5.72. The maximum Gasteiger partial charge on any atom is 0.454 e. The zero-order valence-corrected chi connectivity index (χ0v) is 27.9. The molecule has 3 aromatic heterocycles. The van der Waals surface area contributed by atoms with Crippen LogP contribution < -0.4 is 15.4 Å². The highest BCUT2D eigenvalue weighted by Crippen LogP contribution is 2.44. The molecule has 1 aromatic carbocycles. The minimum absolute atomic E-state index is 0.0761. The van der Waals surface area contributed by atoms with Crippen LogP contribution in [0.2, 0.25) is 0 Å². The molecule has 49 heavy (non-hydrogen) atoms. The van der Waals surface area contributed by atoms with Crippen molar-refractivity contribution in [1.82, 2.24) is 30.1 Å². The number of rotatable bonds is 11. The third-order valence-corrected chi connectivity index (χ3v) is 9.42. The Morgan fingerprint density at radius 1 is 1.18 bits per heavy atom. The highest BCUT2D eigenvalue weighted by molar-refractivity contribution is 7.23. The van der Waals surface area contributed by atoms with Gasteiger partial charge in [-0.15, -0.1) is 16.4 Å². The van der Waals surface area contributed by atoms with Gasteiger partial charge in [-0.1, -0.05) is 17.3 Å². The molecule has 0 bridgehead atoms. The molecule has 0 radical (unpaired) electrons. The van der Waals surface area contributed by atoms with Gasteiger partial charge >= 0.3 is 12.3 Å². The van der Waals surface area contributed by atoms with Crippen molar-refractivity contribution in [2.75, 3.05) is 12.4 Å². The van der Waals surface area contributed by atoms with Crippen molar-refractivity contribution in [2.45, 2.75) is 95.9 Å². The van der Waals surface area contributed by atoms with Gasteiger partial charge in [0.2, 0.25) is 11.7 Å². The number of anilines is 1. The number of carbonyl (C=O) groups excluding carboxylic acids is 1. The highest BCUT2D eigenvalue weighted by Gasteiger charge is 2.38. The standard InChI is InChI=1S/C30H37F4N7O7S/c1-14-9-20(22(31)15(2)40(14)5)36-19-8-6-7-16-17(10-29(32,33)34)24(49-23(16)19)25-37-21(48-39-25)11-35-26(42)18-12-41(13-28(3,4)43)38-27(18)47-30(44,45)46/h6-8,12,14-15,20,22,36,43-46H,9-11,13H2,1-5H3,(H,35,42). The van der Waals surface area contributed by atoms with Gasteiger partial charge in [0.25, 0.3) is 11.8 Å². The molecule has 1 fully saturated rings. The van der Waals surface area contributed by atoms with Gasteiger partial charge in [-0.25, -0.2) is 4.39 Å². The molecule has 14 nitrogen and oxygen atoms in total. The second-order valence-electron chi connectivity index (χ2n) is 12.8. The first kappa shape index (κ1) is 36.4. The number of hydrogen-bond acceptors (Lipinski definition) is 13. The summed E-state index contributed by atoms with van der Waals surface area (Å²) in [4.78, 5) is 19.2. The summed E-state index contributed by atoms with van der Waals surface area (Å²) in [6.07, 6.45) is -9.16. The maximum absolute atomic E-state index is 15.4. The zero-order valence-electron chi connectivity index (χ0n) is 27.1. The zero-order chi connectivity index (χ0) is 36.1. The Labute approximate surface area is 281 Å². The predicted molar refractivity (Wildman–Crippen MR) is 168 cm³/mol. The smallest absolute Gasteiger partial charge is 0.396 e. The third kappa shape index (κ3) is 8.65. The van der Waals surface area contributed by atoms with Crippen molar-refractivity contribution < 1.29 is 52.0 Å². The molecule has 0 saturated carbocycles. The van der Waals surface area contributed by atoms with Crippen LogP contribution in [0.4, 0.5) is 23.2 Å². The van der Waals surface area contributed by atoms with Gasteiger partial charge in [-0.3, -0.25) is 14.4 Å². The lowest BCUT2D eigenvalue weighted by molar-refractivity contribution is -0.420. The first-order chi connectivity index (χ1) is 22.7. The number of nitrogens with zero attached hydrogens (tertiary/aromatic N) is 5. The van der Waals surface area contributed by atoms with Crippen molar-refractivity contribution in [1.29, 1.82) is 0 Å². The second kappa shape index (κ2) is 13.4.